The smallest absolute Gasteiger partial charge is 0.253 e. The third-order valence-electron chi connectivity index (χ3n) is 10.4. The molecule has 0 radical (unpaired) electrons. The summed E-state index contributed by atoms with van der Waals surface area (Å²) in [5.41, 5.74) is 2.24. The van der Waals surface area contributed by atoms with E-state index in [0.717, 1.165) is 48.6 Å². The van der Waals surface area contributed by atoms with E-state index in [1.54, 1.807) is 13.8 Å². The number of likely N-dealkylation sites (tertiary alicyclic amines) is 1. The first-order valence-corrected chi connectivity index (χ1v) is 15.3. The number of fused-ring (bicyclic) bond motifs is 4. The Balaban J connectivity index is 1.10. The fourth-order valence-corrected chi connectivity index (χ4v) is 8.22. The molecule has 8 nitrogen and oxygen atoms in total. The van der Waals surface area contributed by atoms with Crippen molar-refractivity contribution in [2.45, 2.75) is 94.9 Å². The molecular formula is C33H42N4O4. The van der Waals surface area contributed by atoms with E-state index >= 15 is 0 Å². The molecule has 2 bridgehead atoms. The molecule has 3 aromatic rings. The van der Waals surface area contributed by atoms with Gasteiger partial charge in [-0.2, -0.15) is 0 Å². The quantitative estimate of drug-likeness (QED) is 0.461. The van der Waals surface area contributed by atoms with Gasteiger partial charge in [-0.15, -0.1) is 0 Å². The van der Waals surface area contributed by atoms with Crippen LogP contribution in [0.3, 0.4) is 0 Å². The number of rotatable bonds is 6. The number of benzene rings is 2. The maximum atomic E-state index is 12.9. The van der Waals surface area contributed by atoms with Crippen LogP contribution in [0.5, 0.6) is 11.5 Å². The third-order valence-corrected chi connectivity index (χ3v) is 10.4. The number of imidazole rings is 1. The lowest BCUT2D eigenvalue weighted by atomic mass is 9.70. The van der Waals surface area contributed by atoms with E-state index in [-0.39, 0.29) is 18.1 Å². The highest BCUT2D eigenvalue weighted by Crippen LogP contribution is 2.46. The minimum atomic E-state index is -1.35. The zero-order valence-electron chi connectivity index (χ0n) is 24.5. The SMILES string of the molecule is Cc1nc2ccccc2n1C1C[C@H]2CC[C@@H](C1)N2CCC1(c2ccc3c(c2)OCO3)CCN(C(=O)C(C)(C)O)CC1. The Bertz CT molecular complexity index is 1440. The average Bonchev–Trinajstić information content (AvgIpc) is 3.63. The van der Waals surface area contributed by atoms with Gasteiger partial charge in [0, 0.05) is 36.6 Å². The van der Waals surface area contributed by atoms with Crippen LogP contribution >= 0.6 is 0 Å². The van der Waals surface area contributed by atoms with Crippen LogP contribution in [0.2, 0.25) is 0 Å². The van der Waals surface area contributed by atoms with Gasteiger partial charge in [0.05, 0.1) is 11.0 Å². The van der Waals surface area contributed by atoms with Crippen molar-refractivity contribution in [3.63, 3.8) is 0 Å². The largest absolute Gasteiger partial charge is 0.454 e. The van der Waals surface area contributed by atoms with Crippen molar-refractivity contribution in [1.29, 1.82) is 0 Å². The summed E-state index contributed by atoms with van der Waals surface area (Å²) in [5, 5.41) is 10.4. The van der Waals surface area contributed by atoms with Gasteiger partial charge in [-0.05, 0) is 102 Å². The lowest BCUT2D eigenvalue weighted by Gasteiger charge is -2.46. The molecule has 0 saturated carbocycles. The molecule has 8 heteroatoms. The highest BCUT2D eigenvalue weighted by molar-refractivity contribution is 5.84. The minimum Gasteiger partial charge on any atom is -0.454 e. The van der Waals surface area contributed by atoms with Gasteiger partial charge in [-0.1, -0.05) is 18.2 Å². The maximum Gasteiger partial charge on any atom is 0.253 e. The highest BCUT2D eigenvalue weighted by Gasteiger charge is 2.45. The molecule has 1 N–H and O–H groups in total. The Hall–Kier alpha value is -3.10. The van der Waals surface area contributed by atoms with Crippen LogP contribution in [-0.4, -0.2) is 74.5 Å². The second-order valence-corrected chi connectivity index (χ2v) is 13.2. The van der Waals surface area contributed by atoms with Gasteiger partial charge < -0.3 is 24.0 Å². The summed E-state index contributed by atoms with van der Waals surface area (Å²) in [4.78, 5) is 22.4. The van der Waals surface area contributed by atoms with E-state index in [0.29, 0.717) is 31.2 Å². The number of nitrogens with zero attached hydrogens (tertiary/aromatic N) is 4. The van der Waals surface area contributed by atoms with Crippen LogP contribution in [0.1, 0.15) is 76.2 Å². The van der Waals surface area contributed by atoms with Gasteiger partial charge in [0.1, 0.15) is 11.4 Å². The number of piperidine rings is 2. The maximum absolute atomic E-state index is 12.9. The lowest BCUT2D eigenvalue weighted by molar-refractivity contribution is -0.149. The Morgan fingerprint density at radius 2 is 1.73 bits per heavy atom. The van der Waals surface area contributed by atoms with Crippen molar-refractivity contribution >= 4 is 16.9 Å². The van der Waals surface area contributed by atoms with Gasteiger partial charge in [-0.25, -0.2) is 4.98 Å². The van der Waals surface area contributed by atoms with E-state index in [1.165, 1.54) is 36.8 Å². The number of aryl methyl sites for hydroxylation is 1. The standard InChI is InChI=1S/C33H42N4O4/c1-22-34-27-6-4-5-7-28(27)37(22)26-19-24-9-10-25(20-26)36(24)17-14-33(23-8-11-29-30(18-23)41-21-40-29)12-15-35(16-13-33)31(38)32(2,3)39/h4-8,11,18,24-26,39H,9-10,12-17,19-21H2,1-3H3/t24-,25+,26?. The summed E-state index contributed by atoms with van der Waals surface area (Å²) in [5.74, 6) is 2.57. The number of amides is 1. The average molecular weight is 559 g/mol. The van der Waals surface area contributed by atoms with Crippen LogP contribution in [-0.2, 0) is 10.2 Å². The molecule has 0 spiro atoms. The zero-order valence-corrected chi connectivity index (χ0v) is 24.5. The second-order valence-electron chi connectivity index (χ2n) is 13.2. The zero-order chi connectivity index (χ0) is 28.4. The number of hydrogen-bond acceptors (Lipinski definition) is 6. The minimum absolute atomic E-state index is 0.0508. The fourth-order valence-electron chi connectivity index (χ4n) is 8.22. The molecule has 2 aromatic carbocycles. The molecule has 7 rings (SSSR count). The lowest BCUT2D eigenvalue weighted by Crippen LogP contribution is -2.52. The van der Waals surface area contributed by atoms with E-state index < -0.39 is 5.60 Å². The molecule has 218 valence electrons. The Kier molecular flexibility index (Phi) is 6.54. The second kappa shape index (κ2) is 10.0. The summed E-state index contributed by atoms with van der Waals surface area (Å²) in [6, 6.07) is 16.6. The first-order chi connectivity index (χ1) is 19.7. The van der Waals surface area contributed by atoms with Crippen LogP contribution in [0.25, 0.3) is 11.0 Å². The molecule has 4 aliphatic heterocycles. The Labute approximate surface area is 242 Å². The summed E-state index contributed by atoms with van der Waals surface area (Å²) in [7, 11) is 0. The molecule has 3 saturated heterocycles. The van der Waals surface area contributed by atoms with Crippen molar-refractivity contribution in [2.75, 3.05) is 26.4 Å². The molecule has 5 heterocycles. The van der Waals surface area contributed by atoms with Crippen molar-refractivity contribution in [3.05, 3.63) is 53.9 Å². The molecule has 1 amide bonds. The number of ether oxygens (including phenoxy) is 2. The molecule has 41 heavy (non-hydrogen) atoms. The molecule has 1 aromatic heterocycles. The van der Waals surface area contributed by atoms with E-state index in [2.05, 4.69) is 52.8 Å². The van der Waals surface area contributed by atoms with Crippen molar-refractivity contribution in [3.8, 4) is 11.5 Å². The molecule has 3 atom stereocenters. The van der Waals surface area contributed by atoms with Crippen LogP contribution in [0, 0.1) is 6.92 Å². The van der Waals surface area contributed by atoms with Crippen molar-refractivity contribution in [1.82, 2.24) is 19.4 Å². The number of para-hydroxylation sites is 2. The number of aromatic nitrogens is 2. The first-order valence-electron chi connectivity index (χ1n) is 15.3. The summed E-state index contributed by atoms with van der Waals surface area (Å²) < 4.78 is 13.9. The normalized spacial score (nSPS) is 25.7. The van der Waals surface area contributed by atoms with Gasteiger partial charge in [-0.3, -0.25) is 9.69 Å². The monoisotopic (exact) mass is 558 g/mol. The Morgan fingerprint density at radius 3 is 2.46 bits per heavy atom. The van der Waals surface area contributed by atoms with Crippen LogP contribution in [0.4, 0.5) is 0 Å². The predicted octanol–water partition coefficient (Wildman–Crippen LogP) is 4.96. The Morgan fingerprint density at radius 1 is 1.02 bits per heavy atom. The van der Waals surface area contributed by atoms with Gasteiger partial charge >= 0.3 is 0 Å². The summed E-state index contributed by atoms with van der Waals surface area (Å²) >= 11 is 0. The van der Waals surface area contributed by atoms with E-state index in [1.807, 2.05) is 11.0 Å². The molecular weight excluding hydrogens is 516 g/mol. The van der Waals surface area contributed by atoms with Crippen molar-refractivity contribution < 1.29 is 19.4 Å². The predicted molar refractivity (Wildman–Crippen MR) is 157 cm³/mol. The number of carbonyl (C=O) groups is 1. The molecule has 3 fully saturated rings. The topological polar surface area (TPSA) is 80.1 Å². The van der Waals surface area contributed by atoms with Crippen LogP contribution < -0.4 is 9.47 Å². The van der Waals surface area contributed by atoms with Crippen LogP contribution in [0.15, 0.2) is 42.5 Å². The summed E-state index contributed by atoms with van der Waals surface area (Å²) in [6.45, 7) is 7.95. The van der Waals surface area contributed by atoms with Gasteiger partial charge in [0.25, 0.3) is 5.91 Å². The third kappa shape index (κ3) is 4.69. The number of aliphatic hydroxyl groups is 1. The molecule has 4 aliphatic rings. The highest BCUT2D eigenvalue weighted by atomic mass is 16.7. The first kappa shape index (κ1) is 26.8. The fraction of sp³-hybridized carbons (Fsp3) is 0.576. The number of carbonyl (C=O) groups excluding carboxylic acids is 1. The van der Waals surface area contributed by atoms with E-state index in [4.69, 9.17) is 14.5 Å². The van der Waals surface area contributed by atoms with Crippen molar-refractivity contribution in [2.24, 2.45) is 0 Å². The molecule has 0 aliphatic carbocycles. The van der Waals surface area contributed by atoms with Gasteiger partial charge in [0.2, 0.25) is 6.79 Å². The summed E-state index contributed by atoms with van der Waals surface area (Å²) in [6.07, 6.45) is 7.66. The van der Waals surface area contributed by atoms with Gasteiger partial charge in [0.15, 0.2) is 11.5 Å². The van der Waals surface area contributed by atoms with E-state index in [9.17, 15) is 9.90 Å². The molecule has 1 unspecified atom stereocenters. The number of hydrogen-bond donors (Lipinski definition) is 1.